The topological polar surface area (TPSA) is 43.1 Å². The Kier molecular flexibility index (Phi) is 2.56. The first-order valence-corrected chi connectivity index (χ1v) is 5.13. The van der Waals surface area contributed by atoms with E-state index in [0.717, 1.165) is 5.56 Å². The zero-order valence-electron chi connectivity index (χ0n) is 9.00. The van der Waals surface area contributed by atoms with Crippen LogP contribution in [-0.2, 0) is 0 Å². The van der Waals surface area contributed by atoms with Gasteiger partial charge in [0.1, 0.15) is 0 Å². The minimum Gasteiger partial charge on any atom is -0.404 e. The van der Waals surface area contributed by atoms with E-state index < -0.39 is 5.63 Å². The molecule has 1 aromatic carbocycles. The van der Waals surface area contributed by atoms with Gasteiger partial charge in [0.05, 0.1) is 10.9 Å². The molecule has 0 fully saturated rings. The maximum atomic E-state index is 11.7. The summed E-state index contributed by atoms with van der Waals surface area (Å²) in [5.74, 6) is 0.267. The molecule has 4 heteroatoms. The maximum absolute atomic E-state index is 11.7. The molecule has 16 heavy (non-hydrogen) atoms. The third-order valence-corrected chi connectivity index (χ3v) is 2.47. The first kappa shape index (κ1) is 10.9. The van der Waals surface area contributed by atoms with E-state index in [1.54, 1.807) is 19.1 Å². The van der Waals surface area contributed by atoms with Crippen molar-refractivity contribution in [3.05, 3.63) is 45.6 Å². The molecule has 0 bridgehead atoms. The second-order valence-electron chi connectivity index (χ2n) is 3.71. The zero-order valence-corrected chi connectivity index (χ0v) is 9.76. The predicted octanol–water partition coefficient (Wildman–Crippen LogP) is 3.18. The molecule has 0 saturated carbocycles. The molecule has 3 nitrogen and oxygen atoms in total. The Labute approximate surface area is 97.4 Å². The summed E-state index contributed by atoms with van der Waals surface area (Å²) in [6, 6.07) is 3.32. The van der Waals surface area contributed by atoms with Gasteiger partial charge in [0.2, 0.25) is 5.89 Å². The summed E-state index contributed by atoms with van der Waals surface area (Å²) < 4.78 is 5.04. The second kappa shape index (κ2) is 3.76. The van der Waals surface area contributed by atoms with Crippen LogP contribution in [0.4, 0.5) is 0 Å². The maximum Gasteiger partial charge on any atom is 0.347 e. The van der Waals surface area contributed by atoms with E-state index in [9.17, 15) is 4.79 Å². The average Bonchev–Trinajstić information content (AvgIpc) is 2.19. The molecule has 1 heterocycles. The van der Waals surface area contributed by atoms with Gasteiger partial charge in [-0.25, -0.2) is 9.78 Å². The molecular formula is C12H10ClNO2. The van der Waals surface area contributed by atoms with Crippen molar-refractivity contribution in [2.75, 3.05) is 0 Å². The molecule has 0 atom stereocenters. The Morgan fingerprint density at radius 1 is 1.50 bits per heavy atom. The molecule has 0 spiro atoms. The summed E-state index contributed by atoms with van der Waals surface area (Å²) in [5, 5.41) is 0.900. The quantitative estimate of drug-likeness (QED) is 0.763. The van der Waals surface area contributed by atoms with E-state index in [1.807, 2.05) is 6.92 Å². The van der Waals surface area contributed by atoms with Gasteiger partial charge in [0, 0.05) is 10.6 Å². The molecule has 0 amide bonds. The Balaban J connectivity index is 2.93. The molecule has 0 radical (unpaired) electrons. The number of fused-ring (bicyclic) bond motifs is 1. The summed E-state index contributed by atoms with van der Waals surface area (Å²) >= 11 is 5.87. The van der Waals surface area contributed by atoms with E-state index >= 15 is 0 Å². The van der Waals surface area contributed by atoms with Gasteiger partial charge in [-0.1, -0.05) is 18.2 Å². The van der Waals surface area contributed by atoms with Crippen molar-refractivity contribution in [3.8, 4) is 0 Å². The van der Waals surface area contributed by atoms with Crippen LogP contribution in [-0.4, -0.2) is 4.98 Å². The molecule has 0 aliphatic heterocycles. The molecule has 0 aliphatic rings. The molecule has 0 aliphatic carbocycles. The summed E-state index contributed by atoms with van der Waals surface area (Å²) in [4.78, 5) is 16.0. The smallest absolute Gasteiger partial charge is 0.347 e. The number of nitrogens with zero attached hydrogens (tertiary/aromatic N) is 1. The largest absolute Gasteiger partial charge is 0.404 e. The van der Waals surface area contributed by atoms with E-state index in [2.05, 4.69) is 11.6 Å². The van der Waals surface area contributed by atoms with Crippen LogP contribution < -0.4 is 5.63 Å². The number of benzene rings is 1. The third kappa shape index (κ3) is 1.74. The van der Waals surface area contributed by atoms with Crippen LogP contribution in [0.5, 0.6) is 0 Å². The van der Waals surface area contributed by atoms with Crippen molar-refractivity contribution < 1.29 is 4.42 Å². The highest BCUT2D eigenvalue weighted by Crippen LogP contribution is 2.21. The fourth-order valence-corrected chi connectivity index (χ4v) is 1.76. The molecule has 1 aromatic heterocycles. The number of allylic oxidation sites excluding steroid dienone is 1. The van der Waals surface area contributed by atoms with E-state index in [1.165, 1.54) is 0 Å². The zero-order chi connectivity index (χ0) is 11.9. The molecule has 2 rings (SSSR count). The van der Waals surface area contributed by atoms with Gasteiger partial charge in [0.25, 0.3) is 0 Å². The Hall–Kier alpha value is -1.61. The molecular weight excluding hydrogens is 226 g/mol. The van der Waals surface area contributed by atoms with Crippen LogP contribution in [0, 0.1) is 6.92 Å². The van der Waals surface area contributed by atoms with Crippen LogP contribution in [0.15, 0.2) is 27.9 Å². The van der Waals surface area contributed by atoms with Crippen molar-refractivity contribution in [1.82, 2.24) is 4.98 Å². The summed E-state index contributed by atoms with van der Waals surface area (Å²) in [7, 11) is 0. The lowest BCUT2D eigenvalue weighted by Gasteiger charge is -2.03. The number of aromatic nitrogens is 1. The lowest BCUT2D eigenvalue weighted by Crippen LogP contribution is -2.05. The van der Waals surface area contributed by atoms with Crippen molar-refractivity contribution in [1.29, 1.82) is 0 Å². The van der Waals surface area contributed by atoms with Gasteiger partial charge in [-0.2, -0.15) is 0 Å². The van der Waals surface area contributed by atoms with E-state index in [0.29, 0.717) is 21.5 Å². The highest BCUT2D eigenvalue weighted by molar-refractivity contribution is 6.31. The molecule has 0 unspecified atom stereocenters. The minimum absolute atomic E-state index is 0.267. The first-order chi connectivity index (χ1) is 7.49. The highest BCUT2D eigenvalue weighted by atomic mass is 35.5. The Morgan fingerprint density at radius 2 is 2.19 bits per heavy atom. The van der Waals surface area contributed by atoms with Gasteiger partial charge >= 0.3 is 5.63 Å². The second-order valence-corrected chi connectivity index (χ2v) is 4.14. The number of halogens is 1. The lowest BCUT2D eigenvalue weighted by atomic mass is 10.1. The standard InChI is InChI=1S/C12H10ClNO2/c1-6(2)11-14-10-7(3)4-8(13)5-9(10)12(15)16-11/h4-5H,1H2,2-3H3. The van der Waals surface area contributed by atoms with Crippen molar-refractivity contribution in [2.45, 2.75) is 13.8 Å². The predicted molar refractivity (Wildman–Crippen MR) is 64.7 cm³/mol. The molecule has 0 N–H and O–H groups in total. The van der Waals surface area contributed by atoms with Gasteiger partial charge in [-0.05, 0) is 31.5 Å². The third-order valence-electron chi connectivity index (χ3n) is 2.25. The fraction of sp³-hybridized carbons (Fsp3) is 0.167. The molecule has 0 saturated heterocycles. The number of rotatable bonds is 1. The average molecular weight is 236 g/mol. The van der Waals surface area contributed by atoms with Crippen LogP contribution in [0.3, 0.4) is 0 Å². The summed E-state index contributed by atoms with van der Waals surface area (Å²) in [6.07, 6.45) is 0. The minimum atomic E-state index is -0.436. The van der Waals surface area contributed by atoms with E-state index in [4.69, 9.17) is 16.0 Å². The number of aryl methyl sites for hydroxylation is 1. The van der Waals surface area contributed by atoms with Crippen LogP contribution >= 0.6 is 11.6 Å². The van der Waals surface area contributed by atoms with Crippen LogP contribution in [0.2, 0.25) is 5.02 Å². The highest BCUT2D eigenvalue weighted by Gasteiger charge is 2.09. The van der Waals surface area contributed by atoms with Gasteiger partial charge in [-0.3, -0.25) is 0 Å². The fourth-order valence-electron chi connectivity index (χ4n) is 1.49. The summed E-state index contributed by atoms with van der Waals surface area (Å²) in [6.45, 7) is 7.29. The SMILES string of the molecule is C=C(C)c1nc2c(C)cc(Cl)cc2c(=O)o1. The van der Waals surface area contributed by atoms with Crippen LogP contribution in [0.25, 0.3) is 16.5 Å². The van der Waals surface area contributed by atoms with Crippen molar-refractivity contribution in [3.63, 3.8) is 0 Å². The Bertz CT molecular complexity index is 643. The number of hydrogen-bond acceptors (Lipinski definition) is 3. The first-order valence-electron chi connectivity index (χ1n) is 4.76. The van der Waals surface area contributed by atoms with Gasteiger partial charge in [0.15, 0.2) is 0 Å². The monoisotopic (exact) mass is 235 g/mol. The Morgan fingerprint density at radius 3 is 2.81 bits per heavy atom. The van der Waals surface area contributed by atoms with Gasteiger partial charge in [-0.15, -0.1) is 0 Å². The van der Waals surface area contributed by atoms with Crippen LogP contribution in [0.1, 0.15) is 18.4 Å². The lowest BCUT2D eigenvalue weighted by molar-refractivity contribution is 0.486. The molecule has 2 aromatic rings. The van der Waals surface area contributed by atoms with Crippen molar-refractivity contribution >= 4 is 28.1 Å². The van der Waals surface area contributed by atoms with Gasteiger partial charge < -0.3 is 4.42 Å². The number of hydrogen-bond donors (Lipinski definition) is 0. The summed E-state index contributed by atoms with van der Waals surface area (Å²) in [5.41, 5.74) is 1.64. The molecule has 82 valence electrons. The normalized spacial score (nSPS) is 10.7. The van der Waals surface area contributed by atoms with Crippen molar-refractivity contribution in [2.24, 2.45) is 0 Å². The van der Waals surface area contributed by atoms with E-state index in [-0.39, 0.29) is 5.89 Å².